The van der Waals surface area contributed by atoms with E-state index in [4.69, 9.17) is 4.74 Å². The van der Waals surface area contributed by atoms with Gasteiger partial charge in [-0.25, -0.2) is 0 Å². The quantitative estimate of drug-likeness (QED) is 0.377. The van der Waals surface area contributed by atoms with E-state index in [-0.39, 0.29) is 11.8 Å². The lowest BCUT2D eigenvalue weighted by Crippen LogP contribution is -2.44. The molecule has 1 aliphatic heterocycles. The van der Waals surface area contributed by atoms with Gasteiger partial charge in [-0.05, 0) is 31.0 Å². The zero-order chi connectivity index (χ0) is 25.9. The molecule has 0 saturated heterocycles. The van der Waals surface area contributed by atoms with Gasteiger partial charge >= 0.3 is 0 Å². The summed E-state index contributed by atoms with van der Waals surface area (Å²) in [5, 5.41) is 5.07. The molecule has 6 nitrogen and oxygen atoms in total. The van der Waals surface area contributed by atoms with Gasteiger partial charge in [0.05, 0.1) is 17.9 Å². The van der Waals surface area contributed by atoms with Crippen molar-refractivity contribution < 1.29 is 14.3 Å². The Morgan fingerprint density at radius 1 is 1.05 bits per heavy atom. The Balaban J connectivity index is 1.53. The van der Waals surface area contributed by atoms with Crippen molar-refractivity contribution in [3.8, 4) is 5.75 Å². The third-order valence-electron chi connectivity index (χ3n) is 6.98. The summed E-state index contributed by atoms with van der Waals surface area (Å²) in [6.45, 7) is 2.83. The standard InChI is InChI=1S/C30H31N3O3S/c1-20-12-14-21(15-13-20)16-17-33-26(34)19-37-30-27(23-9-5-6-10-24(23)32(30)2)28(33)29(35)31-18-22-8-4-7-11-25(22)36-3/h4-15,28H,16-19H2,1-3H3,(H,31,35). The molecule has 190 valence electrons. The van der Waals surface area contributed by atoms with Gasteiger partial charge in [-0.2, -0.15) is 0 Å². The number of hydrogen-bond acceptors (Lipinski definition) is 4. The maximum atomic E-state index is 14.0. The minimum Gasteiger partial charge on any atom is -0.496 e. The van der Waals surface area contributed by atoms with Gasteiger partial charge < -0.3 is 19.5 Å². The Morgan fingerprint density at radius 3 is 2.57 bits per heavy atom. The first-order valence-corrected chi connectivity index (χ1v) is 13.4. The normalized spacial score (nSPS) is 15.4. The molecule has 0 spiro atoms. The number of thioether (sulfide) groups is 1. The molecule has 7 heteroatoms. The molecular formula is C30H31N3O3S. The number of rotatable bonds is 7. The molecule has 0 radical (unpaired) electrons. The SMILES string of the molecule is COc1ccccc1CNC(=O)C1c2c(n(C)c3ccccc23)SCC(=O)N1CCc1ccc(C)cc1. The number of fused-ring (bicyclic) bond motifs is 3. The zero-order valence-electron chi connectivity index (χ0n) is 21.4. The molecule has 1 N–H and O–H groups in total. The predicted octanol–water partition coefficient (Wildman–Crippen LogP) is 5.03. The maximum Gasteiger partial charge on any atom is 0.247 e. The van der Waals surface area contributed by atoms with Crippen molar-refractivity contribution in [2.75, 3.05) is 19.4 Å². The van der Waals surface area contributed by atoms with Crippen molar-refractivity contribution in [3.63, 3.8) is 0 Å². The third kappa shape index (κ3) is 4.96. The molecule has 5 rings (SSSR count). The topological polar surface area (TPSA) is 63.6 Å². The molecule has 0 bridgehead atoms. The van der Waals surface area contributed by atoms with E-state index >= 15 is 0 Å². The van der Waals surface area contributed by atoms with Crippen LogP contribution in [0.15, 0.2) is 77.8 Å². The number of carbonyl (C=O) groups is 2. The number of hydrogen-bond donors (Lipinski definition) is 1. The number of benzene rings is 3. The van der Waals surface area contributed by atoms with Gasteiger partial charge in [0.2, 0.25) is 11.8 Å². The molecule has 2 amide bonds. The minimum absolute atomic E-state index is 0.0326. The largest absolute Gasteiger partial charge is 0.496 e. The molecule has 37 heavy (non-hydrogen) atoms. The number of para-hydroxylation sites is 2. The number of aromatic nitrogens is 1. The Morgan fingerprint density at radius 2 is 1.78 bits per heavy atom. The van der Waals surface area contributed by atoms with E-state index in [1.165, 1.54) is 17.3 Å². The third-order valence-corrected chi connectivity index (χ3v) is 8.14. The van der Waals surface area contributed by atoms with Gasteiger partial charge in [0, 0.05) is 42.2 Å². The average molecular weight is 514 g/mol. The summed E-state index contributed by atoms with van der Waals surface area (Å²) in [4.78, 5) is 29.2. The molecule has 3 aromatic carbocycles. The fraction of sp³-hybridized carbons (Fsp3) is 0.267. The van der Waals surface area contributed by atoms with Gasteiger partial charge in [0.25, 0.3) is 0 Å². The molecule has 1 atom stereocenters. The highest BCUT2D eigenvalue weighted by Gasteiger charge is 2.38. The number of ether oxygens (including phenoxy) is 1. The predicted molar refractivity (Wildman–Crippen MR) is 148 cm³/mol. The smallest absolute Gasteiger partial charge is 0.247 e. The Labute approximate surface area is 221 Å². The molecule has 1 aromatic heterocycles. The second-order valence-corrected chi connectivity index (χ2v) is 10.3. The van der Waals surface area contributed by atoms with E-state index in [9.17, 15) is 9.59 Å². The fourth-order valence-electron chi connectivity index (χ4n) is 5.01. The van der Waals surface area contributed by atoms with E-state index in [2.05, 4.69) is 47.1 Å². The van der Waals surface area contributed by atoms with E-state index < -0.39 is 6.04 Å². The lowest BCUT2D eigenvalue weighted by Gasteiger charge is -2.30. The van der Waals surface area contributed by atoms with Gasteiger partial charge in [-0.1, -0.05) is 78.0 Å². The summed E-state index contributed by atoms with van der Waals surface area (Å²) in [5.74, 6) is 0.789. The molecule has 1 unspecified atom stereocenters. The molecule has 0 fully saturated rings. The first kappa shape index (κ1) is 25.0. The number of aryl methyl sites for hydroxylation is 2. The van der Waals surface area contributed by atoms with Crippen LogP contribution in [-0.4, -0.2) is 40.7 Å². The van der Waals surface area contributed by atoms with Crippen molar-refractivity contribution in [1.29, 1.82) is 0 Å². The molecule has 0 aliphatic carbocycles. The summed E-state index contributed by atoms with van der Waals surface area (Å²) >= 11 is 1.51. The Hall–Kier alpha value is -3.71. The highest BCUT2D eigenvalue weighted by molar-refractivity contribution is 8.00. The second kappa shape index (κ2) is 10.7. The van der Waals surface area contributed by atoms with Gasteiger partial charge in [-0.3, -0.25) is 9.59 Å². The second-order valence-electron chi connectivity index (χ2n) is 9.34. The first-order valence-electron chi connectivity index (χ1n) is 12.4. The maximum absolute atomic E-state index is 14.0. The Bertz CT molecular complexity index is 1440. The highest BCUT2D eigenvalue weighted by atomic mass is 32.2. The van der Waals surface area contributed by atoms with Gasteiger partial charge in [-0.15, -0.1) is 0 Å². The molecule has 4 aromatic rings. The van der Waals surface area contributed by atoms with Crippen LogP contribution in [0.4, 0.5) is 0 Å². The number of methoxy groups -OCH3 is 1. The number of amides is 2. The van der Waals surface area contributed by atoms with Crippen LogP contribution >= 0.6 is 11.8 Å². The molecule has 2 heterocycles. The van der Waals surface area contributed by atoms with Crippen LogP contribution in [0.5, 0.6) is 5.75 Å². The monoisotopic (exact) mass is 513 g/mol. The summed E-state index contributed by atoms with van der Waals surface area (Å²) in [6.07, 6.45) is 0.674. The van der Waals surface area contributed by atoms with E-state index in [1.807, 2.05) is 49.5 Å². The van der Waals surface area contributed by atoms with Crippen LogP contribution in [0.3, 0.4) is 0 Å². The van der Waals surface area contributed by atoms with Crippen LogP contribution in [0.2, 0.25) is 0 Å². The van der Waals surface area contributed by atoms with Gasteiger partial charge in [0.1, 0.15) is 11.8 Å². The van der Waals surface area contributed by atoms with Crippen LogP contribution in [0, 0.1) is 6.92 Å². The first-order chi connectivity index (χ1) is 18.0. The van der Waals surface area contributed by atoms with Crippen molar-refractivity contribution >= 4 is 34.5 Å². The lowest BCUT2D eigenvalue weighted by molar-refractivity contribution is -0.138. The zero-order valence-corrected chi connectivity index (χ0v) is 22.2. The van der Waals surface area contributed by atoms with Crippen molar-refractivity contribution in [2.45, 2.75) is 31.0 Å². The van der Waals surface area contributed by atoms with Crippen LogP contribution < -0.4 is 10.1 Å². The molecule has 0 saturated carbocycles. The van der Waals surface area contributed by atoms with Crippen LogP contribution in [-0.2, 0) is 29.6 Å². The van der Waals surface area contributed by atoms with Crippen molar-refractivity contribution in [1.82, 2.24) is 14.8 Å². The Kier molecular flexibility index (Phi) is 7.24. The minimum atomic E-state index is -0.733. The van der Waals surface area contributed by atoms with Gasteiger partial charge in [0.15, 0.2) is 0 Å². The number of nitrogens with zero attached hydrogens (tertiary/aromatic N) is 2. The van der Waals surface area contributed by atoms with E-state index in [0.29, 0.717) is 25.3 Å². The van der Waals surface area contributed by atoms with Crippen LogP contribution in [0.25, 0.3) is 10.9 Å². The van der Waals surface area contributed by atoms with Crippen molar-refractivity contribution in [2.24, 2.45) is 7.05 Å². The molecular weight excluding hydrogens is 482 g/mol. The summed E-state index contributed by atoms with van der Waals surface area (Å²) < 4.78 is 7.58. The van der Waals surface area contributed by atoms with Crippen LogP contribution in [0.1, 0.15) is 28.3 Å². The number of carbonyl (C=O) groups excluding carboxylic acids is 2. The summed E-state index contributed by atoms with van der Waals surface area (Å²) in [5.41, 5.74) is 5.17. The highest BCUT2D eigenvalue weighted by Crippen LogP contribution is 2.41. The lowest BCUT2D eigenvalue weighted by atomic mass is 10.0. The average Bonchev–Trinajstić information content (AvgIpc) is 3.10. The van der Waals surface area contributed by atoms with Crippen molar-refractivity contribution in [3.05, 3.63) is 95.1 Å². The van der Waals surface area contributed by atoms with E-state index in [1.54, 1.807) is 12.0 Å². The summed E-state index contributed by atoms with van der Waals surface area (Å²) in [6, 6.07) is 23.3. The fourth-order valence-corrected chi connectivity index (χ4v) is 6.10. The molecule has 1 aliphatic rings. The number of nitrogens with one attached hydrogen (secondary N) is 1. The summed E-state index contributed by atoms with van der Waals surface area (Å²) in [7, 11) is 3.63. The van der Waals surface area contributed by atoms with E-state index in [0.717, 1.165) is 38.4 Å².